The van der Waals surface area contributed by atoms with Crippen LogP contribution in [0, 0.1) is 18.8 Å². The number of aromatic nitrogens is 3. The van der Waals surface area contributed by atoms with Crippen LogP contribution < -0.4 is 10.6 Å². The third kappa shape index (κ3) is 5.43. The number of amides is 1. The molecular formula is C18H27Cl2N5O. The molecule has 26 heavy (non-hydrogen) atoms. The highest BCUT2D eigenvalue weighted by Gasteiger charge is 2.22. The summed E-state index contributed by atoms with van der Waals surface area (Å²) in [4.78, 5) is 21.1. The molecule has 0 spiro atoms. The van der Waals surface area contributed by atoms with Gasteiger partial charge in [0.15, 0.2) is 5.82 Å². The largest absolute Gasteiger partial charge is 0.323 e. The SMILES string of the molecule is Cc1nccn1-c1ncccc1NC(=O)CC(C)C1CCCNC1.Cl.Cl. The van der Waals surface area contributed by atoms with Crippen molar-refractivity contribution in [2.75, 3.05) is 18.4 Å². The fourth-order valence-corrected chi connectivity index (χ4v) is 3.31. The Bertz CT molecular complexity index is 700. The van der Waals surface area contributed by atoms with E-state index in [1.54, 1.807) is 12.4 Å². The van der Waals surface area contributed by atoms with E-state index in [9.17, 15) is 4.79 Å². The number of rotatable bonds is 5. The van der Waals surface area contributed by atoms with Crippen LogP contribution in [0.5, 0.6) is 0 Å². The highest BCUT2D eigenvalue weighted by Crippen LogP contribution is 2.24. The molecule has 8 heteroatoms. The zero-order valence-electron chi connectivity index (χ0n) is 15.1. The maximum atomic E-state index is 12.5. The van der Waals surface area contributed by atoms with E-state index in [1.165, 1.54) is 12.8 Å². The first kappa shape index (κ1) is 22.4. The Hall–Kier alpha value is -1.63. The quantitative estimate of drug-likeness (QED) is 0.807. The van der Waals surface area contributed by atoms with Crippen molar-refractivity contribution < 1.29 is 4.79 Å². The van der Waals surface area contributed by atoms with Crippen molar-refractivity contribution in [2.24, 2.45) is 11.8 Å². The molecule has 0 aliphatic carbocycles. The Morgan fingerprint density at radius 2 is 2.19 bits per heavy atom. The van der Waals surface area contributed by atoms with Crippen molar-refractivity contribution in [3.05, 3.63) is 36.5 Å². The summed E-state index contributed by atoms with van der Waals surface area (Å²) < 4.78 is 1.88. The lowest BCUT2D eigenvalue weighted by Gasteiger charge is -2.28. The van der Waals surface area contributed by atoms with Gasteiger partial charge in [-0.2, -0.15) is 0 Å². The van der Waals surface area contributed by atoms with Gasteiger partial charge in [-0.1, -0.05) is 6.92 Å². The molecule has 1 saturated heterocycles. The molecule has 2 N–H and O–H groups in total. The van der Waals surface area contributed by atoms with Crippen LogP contribution in [0.15, 0.2) is 30.7 Å². The summed E-state index contributed by atoms with van der Waals surface area (Å²) >= 11 is 0. The van der Waals surface area contributed by atoms with Crippen LogP contribution in [0.1, 0.15) is 32.0 Å². The van der Waals surface area contributed by atoms with E-state index in [1.807, 2.05) is 29.8 Å². The Morgan fingerprint density at radius 3 is 2.85 bits per heavy atom. The zero-order valence-corrected chi connectivity index (χ0v) is 16.8. The topological polar surface area (TPSA) is 71.8 Å². The standard InChI is InChI=1S/C18H25N5O.2ClH/c1-13(15-5-3-7-19-12-15)11-17(24)22-16-6-4-8-21-18(16)23-10-9-20-14(23)2;;/h4,6,8-10,13,15,19H,3,5,7,11-12H2,1-2H3,(H,22,24);2*1H. The summed E-state index contributed by atoms with van der Waals surface area (Å²) in [7, 11) is 0. The number of pyridine rings is 1. The van der Waals surface area contributed by atoms with Gasteiger partial charge in [0.2, 0.25) is 5.91 Å². The number of halogens is 2. The Kier molecular flexibility index (Phi) is 9.05. The summed E-state index contributed by atoms with van der Waals surface area (Å²) in [6.07, 6.45) is 8.23. The summed E-state index contributed by atoms with van der Waals surface area (Å²) in [6, 6.07) is 3.71. The zero-order chi connectivity index (χ0) is 16.9. The van der Waals surface area contributed by atoms with Crippen molar-refractivity contribution in [1.29, 1.82) is 0 Å². The van der Waals surface area contributed by atoms with Crippen LogP contribution >= 0.6 is 24.8 Å². The molecule has 3 heterocycles. The molecule has 1 aliphatic heterocycles. The van der Waals surface area contributed by atoms with Crippen molar-refractivity contribution in [2.45, 2.75) is 33.1 Å². The third-order valence-electron chi connectivity index (χ3n) is 4.76. The van der Waals surface area contributed by atoms with Crippen molar-refractivity contribution >= 4 is 36.4 Å². The molecule has 1 aliphatic rings. The molecule has 0 radical (unpaired) electrons. The molecule has 0 bridgehead atoms. The molecule has 1 amide bonds. The van der Waals surface area contributed by atoms with Gasteiger partial charge in [0.05, 0.1) is 5.69 Å². The third-order valence-corrected chi connectivity index (χ3v) is 4.76. The van der Waals surface area contributed by atoms with Gasteiger partial charge in [-0.25, -0.2) is 9.97 Å². The molecule has 3 rings (SSSR count). The monoisotopic (exact) mass is 399 g/mol. The molecule has 144 valence electrons. The van der Waals surface area contributed by atoms with Crippen LogP contribution in [0.4, 0.5) is 5.69 Å². The summed E-state index contributed by atoms with van der Waals surface area (Å²) in [5.74, 6) is 2.53. The number of piperidine rings is 1. The van der Waals surface area contributed by atoms with Crippen LogP contribution in [0.25, 0.3) is 5.82 Å². The van der Waals surface area contributed by atoms with E-state index in [0.29, 0.717) is 24.1 Å². The maximum Gasteiger partial charge on any atom is 0.224 e. The smallest absolute Gasteiger partial charge is 0.224 e. The number of nitrogens with one attached hydrogen (secondary N) is 2. The van der Waals surface area contributed by atoms with Gasteiger partial charge in [0, 0.05) is 25.0 Å². The van der Waals surface area contributed by atoms with E-state index >= 15 is 0 Å². The number of aryl methyl sites for hydroxylation is 1. The Balaban J connectivity index is 0.00000169. The van der Waals surface area contributed by atoms with Crippen LogP contribution in [0.3, 0.4) is 0 Å². The molecule has 2 aromatic rings. The maximum absolute atomic E-state index is 12.5. The average Bonchev–Trinajstić information content (AvgIpc) is 3.02. The van der Waals surface area contributed by atoms with Gasteiger partial charge in [-0.15, -0.1) is 24.8 Å². The fraction of sp³-hybridized carbons (Fsp3) is 0.500. The van der Waals surface area contributed by atoms with Gasteiger partial charge in [0.1, 0.15) is 5.82 Å². The van der Waals surface area contributed by atoms with Gasteiger partial charge in [-0.3, -0.25) is 9.36 Å². The Labute approximate surface area is 167 Å². The molecule has 2 atom stereocenters. The highest BCUT2D eigenvalue weighted by molar-refractivity contribution is 5.92. The summed E-state index contributed by atoms with van der Waals surface area (Å²) in [5.41, 5.74) is 0.720. The number of nitrogens with zero attached hydrogens (tertiary/aromatic N) is 3. The molecule has 0 aromatic carbocycles. The number of carbonyl (C=O) groups is 1. The van der Waals surface area contributed by atoms with E-state index in [0.717, 1.165) is 24.6 Å². The lowest BCUT2D eigenvalue weighted by molar-refractivity contribution is -0.117. The first-order valence-corrected chi connectivity index (χ1v) is 8.61. The number of imidazole rings is 1. The number of carbonyl (C=O) groups excluding carboxylic acids is 1. The number of hydrogen-bond acceptors (Lipinski definition) is 4. The second-order valence-corrected chi connectivity index (χ2v) is 6.56. The molecule has 6 nitrogen and oxygen atoms in total. The van der Waals surface area contributed by atoms with E-state index in [-0.39, 0.29) is 30.7 Å². The fourth-order valence-electron chi connectivity index (χ4n) is 3.31. The van der Waals surface area contributed by atoms with Gasteiger partial charge < -0.3 is 10.6 Å². The predicted molar refractivity (Wildman–Crippen MR) is 109 cm³/mol. The molecular weight excluding hydrogens is 373 g/mol. The number of hydrogen-bond donors (Lipinski definition) is 2. The van der Waals surface area contributed by atoms with Crippen molar-refractivity contribution in [3.8, 4) is 5.82 Å². The minimum atomic E-state index is 0. The molecule has 0 saturated carbocycles. The van der Waals surface area contributed by atoms with Gasteiger partial charge in [-0.05, 0) is 56.8 Å². The molecule has 2 aromatic heterocycles. The normalized spacial score (nSPS) is 17.5. The first-order valence-electron chi connectivity index (χ1n) is 8.61. The second-order valence-electron chi connectivity index (χ2n) is 6.56. The van der Waals surface area contributed by atoms with Crippen molar-refractivity contribution in [3.63, 3.8) is 0 Å². The van der Waals surface area contributed by atoms with Crippen molar-refractivity contribution in [1.82, 2.24) is 19.9 Å². The summed E-state index contributed by atoms with van der Waals surface area (Å²) in [6.45, 7) is 6.19. The Morgan fingerprint density at radius 1 is 1.38 bits per heavy atom. The van der Waals surface area contributed by atoms with E-state index in [2.05, 4.69) is 27.5 Å². The lowest BCUT2D eigenvalue weighted by atomic mass is 9.85. The highest BCUT2D eigenvalue weighted by atomic mass is 35.5. The van der Waals surface area contributed by atoms with E-state index < -0.39 is 0 Å². The van der Waals surface area contributed by atoms with Crippen LogP contribution in [0.2, 0.25) is 0 Å². The lowest BCUT2D eigenvalue weighted by Crippen LogP contribution is -2.34. The minimum Gasteiger partial charge on any atom is -0.323 e. The average molecular weight is 400 g/mol. The van der Waals surface area contributed by atoms with Gasteiger partial charge >= 0.3 is 0 Å². The molecule has 1 fully saturated rings. The van der Waals surface area contributed by atoms with E-state index in [4.69, 9.17) is 0 Å². The minimum absolute atomic E-state index is 0. The predicted octanol–water partition coefficient (Wildman–Crippen LogP) is 3.38. The first-order chi connectivity index (χ1) is 11.6. The van der Waals surface area contributed by atoms with Crippen LogP contribution in [-0.2, 0) is 4.79 Å². The molecule has 2 unspecified atom stereocenters. The van der Waals surface area contributed by atoms with Gasteiger partial charge in [0.25, 0.3) is 0 Å². The van der Waals surface area contributed by atoms with Crippen LogP contribution in [-0.4, -0.2) is 33.5 Å². The number of anilines is 1. The summed E-state index contributed by atoms with van der Waals surface area (Å²) in [5, 5.41) is 6.45. The second kappa shape index (κ2) is 10.5.